The van der Waals surface area contributed by atoms with Crippen molar-refractivity contribution in [2.24, 2.45) is 0 Å². The summed E-state index contributed by atoms with van der Waals surface area (Å²) in [5.74, 6) is -0.0336. The van der Waals surface area contributed by atoms with Gasteiger partial charge in [0.2, 0.25) is 5.91 Å². The molecule has 1 N–H and O–H groups in total. The van der Waals surface area contributed by atoms with E-state index in [9.17, 15) is 9.90 Å². The van der Waals surface area contributed by atoms with E-state index in [1.807, 2.05) is 24.3 Å². The molecule has 0 fully saturated rings. The largest absolute Gasteiger partial charge is 0.392 e. The smallest absolute Gasteiger partial charge is 0.242 e. The minimum absolute atomic E-state index is 0.0336. The zero-order valence-electron chi connectivity index (χ0n) is 8.68. The molecule has 3 nitrogen and oxygen atoms in total. The van der Waals surface area contributed by atoms with Crippen LogP contribution in [0.15, 0.2) is 29.2 Å². The van der Waals surface area contributed by atoms with Gasteiger partial charge in [-0.15, -0.1) is 11.8 Å². The standard InChI is InChI=1S/C11H13NO2S/c1-7(13)10-11(14)12(2)8-5-3-4-6-9(8)15-10/h3-7,10,13H,1-2H3/t7-,10-/m1/s1. The molecule has 80 valence electrons. The Hall–Kier alpha value is -1.00. The Bertz CT molecular complexity index is 392. The molecule has 1 heterocycles. The Balaban J connectivity index is 2.41. The fourth-order valence-corrected chi connectivity index (χ4v) is 2.85. The number of amides is 1. The second kappa shape index (κ2) is 3.87. The lowest BCUT2D eigenvalue weighted by Crippen LogP contribution is -2.43. The van der Waals surface area contributed by atoms with Gasteiger partial charge < -0.3 is 10.0 Å². The molecule has 0 radical (unpaired) electrons. The summed E-state index contributed by atoms with van der Waals surface area (Å²) < 4.78 is 0. The lowest BCUT2D eigenvalue weighted by molar-refractivity contribution is -0.119. The van der Waals surface area contributed by atoms with Gasteiger partial charge in [-0.3, -0.25) is 4.79 Å². The number of carbonyl (C=O) groups is 1. The minimum atomic E-state index is -0.627. The Morgan fingerprint density at radius 3 is 2.80 bits per heavy atom. The highest BCUT2D eigenvalue weighted by atomic mass is 32.2. The van der Waals surface area contributed by atoms with Crippen molar-refractivity contribution < 1.29 is 9.90 Å². The third kappa shape index (κ3) is 1.75. The Labute approximate surface area is 93.1 Å². The van der Waals surface area contributed by atoms with Crippen LogP contribution < -0.4 is 4.90 Å². The van der Waals surface area contributed by atoms with Crippen molar-refractivity contribution in [2.75, 3.05) is 11.9 Å². The van der Waals surface area contributed by atoms with Crippen LogP contribution in [0.5, 0.6) is 0 Å². The molecule has 2 rings (SSSR count). The van der Waals surface area contributed by atoms with Crippen LogP contribution in [0.4, 0.5) is 5.69 Å². The van der Waals surface area contributed by atoms with Crippen LogP contribution in [0.1, 0.15) is 6.92 Å². The maximum Gasteiger partial charge on any atom is 0.242 e. The van der Waals surface area contributed by atoms with Crippen LogP contribution in [-0.2, 0) is 4.79 Å². The number of aliphatic hydroxyl groups excluding tert-OH is 1. The van der Waals surface area contributed by atoms with Crippen molar-refractivity contribution >= 4 is 23.4 Å². The van der Waals surface area contributed by atoms with E-state index in [1.54, 1.807) is 18.9 Å². The summed E-state index contributed by atoms with van der Waals surface area (Å²) in [5, 5.41) is 9.14. The van der Waals surface area contributed by atoms with E-state index < -0.39 is 6.10 Å². The minimum Gasteiger partial charge on any atom is -0.392 e. The predicted octanol–water partition coefficient (Wildman–Crippen LogP) is 1.50. The van der Waals surface area contributed by atoms with E-state index in [2.05, 4.69) is 0 Å². The zero-order valence-corrected chi connectivity index (χ0v) is 9.49. The zero-order chi connectivity index (χ0) is 11.0. The normalized spacial score (nSPS) is 22.5. The summed E-state index contributed by atoms with van der Waals surface area (Å²) in [6.07, 6.45) is -0.627. The van der Waals surface area contributed by atoms with Crippen molar-refractivity contribution in [3.8, 4) is 0 Å². The van der Waals surface area contributed by atoms with Gasteiger partial charge in [0, 0.05) is 11.9 Å². The first kappa shape index (κ1) is 10.5. The molecule has 1 aliphatic heterocycles. The van der Waals surface area contributed by atoms with Crippen molar-refractivity contribution in [1.82, 2.24) is 0 Å². The van der Waals surface area contributed by atoms with Gasteiger partial charge in [-0.1, -0.05) is 12.1 Å². The molecule has 0 spiro atoms. The topological polar surface area (TPSA) is 40.5 Å². The maximum absolute atomic E-state index is 11.9. The molecule has 0 saturated heterocycles. The van der Waals surface area contributed by atoms with Crippen LogP contribution >= 0.6 is 11.8 Å². The molecular formula is C11H13NO2S. The first-order chi connectivity index (χ1) is 7.11. The second-order valence-corrected chi connectivity index (χ2v) is 4.83. The lowest BCUT2D eigenvalue weighted by atomic mass is 10.2. The highest BCUT2D eigenvalue weighted by molar-refractivity contribution is 8.01. The number of aliphatic hydroxyl groups is 1. The highest BCUT2D eigenvalue weighted by Gasteiger charge is 2.33. The Morgan fingerprint density at radius 2 is 2.13 bits per heavy atom. The number of anilines is 1. The Morgan fingerprint density at radius 1 is 1.47 bits per heavy atom. The number of rotatable bonds is 1. The number of hydrogen-bond donors (Lipinski definition) is 1. The van der Waals surface area contributed by atoms with Gasteiger partial charge in [0.1, 0.15) is 5.25 Å². The molecule has 0 bridgehead atoms. The maximum atomic E-state index is 11.9. The van der Waals surface area contributed by atoms with Gasteiger partial charge in [0.25, 0.3) is 0 Å². The van der Waals surface area contributed by atoms with Gasteiger partial charge in [0.05, 0.1) is 11.8 Å². The van der Waals surface area contributed by atoms with Crippen LogP contribution in [0.2, 0.25) is 0 Å². The average molecular weight is 223 g/mol. The van der Waals surface area contributed by atoms with Crippen molar-refractivity contribution in [2.45, 2.75) is 23.2 Å². The molecule has 1 aromatic carbocycles. The van der Waals surface area contributed by atoms with Crippen LogP contribution in [0, 0.1) is 0 Å². The fraction of sp³-hybridized carbons (Fsp3) is 0.364. The van der Waals surface area contributed by atoms with E-state index in [0.29, 0.717) is 0 Å². The number of para-hydroxylation sites is 1. The molecule has 0 saturated carbocycles. The SMILES string of the molecule is C[C@@H](O)[C@H]1Sc2ccccc2N(C)C1=O. The average Bonchev–Trinajstić information content (AvgIpc) is 2.23. The molecule has 1 aromatic rings. The summed E-state index contributed by atoms with van der Waals surface area (Å²) in [6, 6.07) is 7.73. The molecule has 1 aliphatic rings. The summed E-state index contributed by atoms with van der Waals surface area (Å²) >= 11 is 1.44. The molecule has 0 unspecified atom stereocenters. The second-order valence-electron chi connectivity index (χ2n) is 3.64. The number of fused-ring (bicyclic) bond motifs is 1. The van der Waals surface area contributed by atoms with Gasteiger partial charge in [-0.05, 0) is 19.1 Å². The van der Waals surface area contributed by atoms with Crippen molar-refractivity contribution in [1.29, 1.82) is 0 Å². The van der Waals surface area contributed by atoms with E-state index >= 15 is 0 Å². The summed E-state index contributed by atoms with van der Waals surface area (Å²) in [4.78, 5) is 14.5. The predicted molar refractivity (Wildman–Crippen MR) is 61.2 cm³/mol. The summed E-state index contributed by atoms with van der Waals surface area (Å²) in [7, 11) is 1.75. The van der Waals surface area contributed by atoms with Crippen molar-refractivity contribution in [3.05, 3.63) is 24.3 Å². The van der Waals surface area contributed by atoms with E-state index in [-0.39, 0.29) is 11.2 Å². The molecule has 0 aliphatic carbocycles. The highest BCUT2D eigenvalue weighted by Crippen LogP contribution is 2.39. The van der Waals surface area contributed by atoms with Crippen LogP contribution in [0.25, 0.3) is 0 Å². The molecule has 1 amide bonds. The molecule has 15 heavy (non-hydrogen) atoms. The molecule has 4 heteroatoms. The van der Waals surface area contributed by atoms with E-state index in [0.717, 1.165) is 10.6 Å². The number of thioether (sulfide) groups is 1. The number of carbonyl (C=O) groups excluding carboxylic acids is 1. The van der Waals surface area contributed by atoms with Crippen LogP contribution in [0.3, 0.4) is 0 Å². The first-order valence-corrected chi connectivity index (χ1v) is 5.70. The third-order valence-electron chi connectivity index (χ3n) is 2.49. The summed E-state index contributed by atoms with van der Waals surface area (Å²) in [5.41, 5.74) is 0.921. The van der Waals surface area contributed by atoms with E-state index in [1.165, 1.54) is 11.8 Å². The van der Waals surface area contributed by atoms with Gasteiger partial charge in [-0.2, -0.15) is 0 Å². The molecule has 2 atom stereocenters. The van der Waals surface area contributed by atoms with Gasteiger partial charge in [-0.25, -0.2) is 0 Å². The lowest BCUT2D eigenvalue weighted by Gasteiger charge is -2.32. The third-order valence-corrected chi connectivity index (χ3v) is 3.94. The molecule has 0 aromatic heterocycles. The van der Waals surface area contributed by atoms with Crippen molar-refractivity contribution in [3.63, 3.8) is 0 Å². The Kier molecular flexibility index (Phi) is 2.71. The van der Waals surface area contributed by atoms with Gasteiger partial charge >= 0.3 is 0 Å². The quantitative estimate of drug-likeness (QED) is 0.784. The van der Waals surface area contributed by atoms with E-state index in [4.69, 9.17) is 0 Å². The monoisotopic (exact) mass is 223 g/mol. The van der Waals surface area contributed by atoms with Gasteiger partial charge in [0.15, 0.2) is 0 Å². The number of hydrogen-bond acceptors (Lipinski definition) is 3. The first-order valence-electron chi connectivity index (χ1n) is 4.82. The number of benzene rings is 1. The summed E-state index contributed by atoms with van der Waals surface area (Å²) in [6.45, 7) is 1.65. The fourth-order valence-electron chi connectivity index (χ4n) is 1.64. The molecular weight excluding hydrogens is 210 g/mol. The van der Waals surface area contributed by atoms with Crippen LogP contribution in [-0.4, -0.2) is 29.4 Å². The number of nitrogens with zero attached hydrogens (tertiary/aromatic N) is 1.